The summed E-state index contributed by atoms with van der Waals surface area (Å²) in [5, 5.41) is 9.32. The third kappa shape index (κ3) is 2.91. The highest BCUT2D eigenvalue weighted by Gasteiger charge is 2.41. The van der Waals surface area contributed by atoms with Crippen molar-refractivity contribution in [1.82, 2.24) is 0 Å². The average molecular weight is 334 g/mol. The van der Waals surface area contributed by atoms with Gasteiger partial charge in [0.15, 0.2) is 21.5 Å². The highest BCUT2D eigenvalue weighted by atomic mass is 32.2. The van der Waals surface area contributed by atoms with Gasteiger partial charge in [0.1, 0.15) is 16.5 Å². The maximum atomic E-state index is 13.4. The van der Waals surface area contributed by atoms with Crippen LogP contribution in [0.25, 0.3) is 0 Å². The van der Waals surface area contributed by atoms with Crippen LogP contribution in [0.4, 0.5) is 17.6 Å². The van der Waals surface area contributed by atoms with Gasteiger partial charge in [-0.15, -0.1) is 0 Å². The molecule has 0 spiro atoms. The Labute approximate surface area is 115 Å². The second-order valence-electron chi connectivity index (χ2n) is 4.41. The number of ether oxygens (including phenoxy) is 1. The van der Waals surface area contributed by atoms with E-state index in [2.05, 4.69) is 4.74 Å². The first kappa shape index (κ1) is 15.5. The number of fused-ring (bicyclic) bond motifs is 1. The maximum absolute atomic E-state index is 13.4. The second kappa shape index (κ2) is 4.85. The fourth-order valence-corrected chi connectivity index (χ4v) is 4.39. The average Bonchev–Trinajstić information content (AvgIpc) is 2.74. The first-order valence-electron chi connectivity index (χ1n) is 5.38. The molecule has 0 unspecified atom stereocenters. The van der Waals surface area contributed by atoms with E-state index in [4.69, 9.17) is 0 Å². The first-order valence-corrected chi connectivity index (χ1v) is 8.09. The van der Waals surface area contributed by atoms with Crippen LogP contribution in [0.1, 0.15) is 17.2 Å². The lowest BCUT2D eigenvalue weighted by molar-refractivity contribution is -0.153. The molecule has 0 amide bonds. The summed E-state index contributed by atoms with van der Waals surface area (Å²) in [6.45, 7) is -1.60. The van der Waals surface area contributed by atoms with Crippen LogP contribution in [0.3, 0.4) is 0 Å². The molecule has 1 aliphatic rings. The Morgan fingerprint density at radius 3 is 2.55 bits per heavy atom. The molecule has 1 heterocycles. The predicted octanol–water partition coefficient (Wildman–Crippen LogP) is 2.02. The summed E-state index contributed by atoms with van der Waals surface area (Å²) >= 11 is 0.479. The van der Waals surface area contributed by atoms with Crippen molar-refractivity contribution in [3.8, 4) is 5.06 Å². The predicted molar refractivity (Wildman–Crippen MR) is 62.5 cm³/mol. The molecule has 1 aliphatic carbocycles. The molecule has 0 aliphatic heterocycles. The summed E-state index contributed by atoms with van der Waals surface area (Å²) in [4.78, 5) is 0. The minimum absolute atomic E-state index is 0.000301. The molecule has 10 heteroatoms. The lowest BCUT2D eigenvalue weighted by Gasteiger charge is -2.08. The molecule has 1 aromatic rings. The van der Waals surface area contributed by atoms with E-state index < -0.39 is 34.9 Å². The van der Waals surface area contributed by atoms with Crippen LogP contribution in [0.5, 0.6) is 5.06 Å². The van der Waals surface area contributed by atoms with Crippen molar-refractivity contribution in [3.63, 3.8) is 0 Å². The zero-order valence-electron chi connectivity index (χ0n) is 10.1. The largest absolute Gasteiger partial charge is 0.474 e. The van der Waals surface area contributed by atoms with Crippen molar-refractivity contribution in [1.29, 1.82) is 0 Å². The van der Waals surface area contributed by atoms with Crippen molar-refractivity contribution >= 4 is 21.2 Å². The van der Waals surface area contributed by atoms with E-state index in [1.54, 1.807) is 0 Å². The van der Waals surface area contributed by atoms with Crippen molar-refractivity contribution in [2.45, 2.75) is 29.1 Å². The topological polar surface area (TPSA) is 63.6 Å². The lowest BCUT2D eigenvalue weighted by Crippen LogP contribution is -2.19. The Morgan fingerprint density at radius 1 is 1.45 bits per heavy atom. The van der Waals surface area contributed by atoms with Gasteiger partial charge in [-0.2, -0.15) is 13.2 Å². The van der Waals surface area contributed by atoms with Gasteiger partial charge in [-0.3, -0.25) is 0 Å². The molecule has 0 aromatic carbocycles. The molecular weight excluding hydrogens is 324 g/mol. The second-order valence-corrected chi connectivity index (χ2v) is 7.60. The highest BCUT2D eigenvalue weighted by Crippen LogP contribution is 2.48. The summed E-state index contributed by atoms with van der Waals surface area (Å²) < 4.78 is 77.1. The minimum Gasteiger partial charge on any atom is -0.474 e. The Kier molecular flexibility index (Phi) is 3.76. The van der Waals surface area contributed by atoms with Gasteiger partial charge >= 0.3 is 6.18 Å². The summed E-state index contributed by atoms with van der Waals surface area (Å²) in [5.41, 5.74) is -0.179. The summed E-state index contributed by atoms with van der Waals surface area (Å²) in [7, 11) is -3.79. The maximum Gasteiger partial charge on any atom is 0.422 e. The number of hydrogen-bond acceptors (Lipinski definition) is 5. The third-order valence-corrected chi connectivity index (χ3v) is 5.72. The number of hydrogen-bond donors (Lipinski definition) is 1. The van der Waals surface area contributed by atoms with E-state index in [-0.39, 0.29) is 26.8 Å². The quantitative estimate of drug-likeness (QED) is 0.859. The Hall–Kier alpha value is -0.870. The van der Waals surface area contributed by atoms with Gasteiger partial charge in [-0.05, 0) is 0 Å². The zero-order chi connectivity index (χ0) is 15.3. The Balaban J connectivity index is 2.44. The number of rotatable bonds is 3. The van der Waals surface area contributed by atoms with Crippen molar-refractivity contribution < 1.29 is 35.8 Å². The van der Waals surface area contributed by atoms with E-state index in [1.165, 1.54) is 0 Å². The van der Waals surface area contributed by atoms with Gasteiger partial charge in [0.2, 0.25) is 0 Å². The molecular formula is C10H10F4O4S2. The standard InChI is InChI=1S/C10H10F4O4S2/c1-20(16,17)9-6-4(2-5(11)7(6)15)8(19-9)18-3-10(12,13)14/h5,7,15H,2-3H2,1H3/t5-,7+/m0/s1. The van der Waals surface area contributed by atoms with Crippen molar-refractivity contribution in [2.75, 3.05) is 12.9 Å². The van der Waals surface area contributed by atoms with E-state index >= 15 is 0 Å². The SMILES string of the molecule is CS(=O)(=O)c1sc(OCC(F)(F)F)c2c1[C@H](O)[C@@H](F)C2. The van der Waals surface area contributed by atoms with Crippen molar-refractivity contribution in [2.24, 2.45) is 0 Å². The lowest BCUT2D eigenvalue weighted by atomic mass is 10.2. The zero-order valence-corrected chi connectivity index (χ0v) is 11.7. The summed E-state index contributed by atoms with van der Waals surface area (Å²) in [6, 6.07) is 0. The van der Waals surface area contributed by atoms with Crippen LogP contribution in [0.15, 0.2) is 4.21 Å². The number of alkyl halides is 4. The third-order valence-electron chi connectivity index (χ3n) is 2.72. The fraction of sp³-hybridized carbons (Fsp3) is 0.600. The number of halogens is 4. The molecule has 0 saturated heterocycles. The van der Waals surface area contributed by atoms with Crippen LogP contribution >= 0.6 is 11.3 Å². The molecule has 114 valence electrons. The van der Waals surface area contributed by atoms with E-state index in [9.17, 15) is 31.1 Å². The molecule has 0 saturated carbocycles. The number of aliphatic hydroxyl groups is 1. The number of aliphatic hydroxyl groups excluding tert-OH is 1. The summed E-state index contributed by atoms with van der Waals surface area (Å²) in [5.74, 6) is 0. The van der Waals surface area contributed by atoms with Crippen LogP contribution in [-0.4, -0.2) is 38.7 Å². The molecule has 0 fully saturated rings. The molecule has 2 rings (SSSR count). The number of sulfone groups is 1. The smallest absolute Gasteiger partial charge is 0.422 e. The van der Waals surface area contributed by atoms with Crippen molar-refractivity contribution in [3.05, 3.63) is 11.1 Å². The van der Waals surface area contributed by atoms with E-state index in [0.717, 1.165) is 6.26 Å². The van der Waals surface area contributed by atoms with Gasteiger partial charge in [-0.25, -0.2) is 12.8 Å². The van der Waals surface area contributed by atoms with Crippen LogP contribution in [0.2, 0.25) is 0 Å². The molecule has 20 heavy (non-hydrogen) atoms. The monoisotopic (exact) mass is 334 g/mol. The van der Waals surface area contributed by atoms with Gasteiger partial charge in [0.05, 0.1) is 0 Å². The minimum atomic E-state index is -4.59. The molecule has 2 atom stereocenters. The van der Waals surface area contributed by atoms with Crippen LogP contribution in [0, 0.1) is 0 Å². The van der Waals surface area contributed by atoms with Gasteiger partial charge in [0, 0.05) is 23.8 Å². The molecule has 1 N–H and O–H groups in total. The summed E-state index contributed by atoms with van der Waals surface area (Å²) in [6.07, 6.45) is -7.52. The molecule has 4 nitrogen and oxygen atoms in total. The van der Waals surface area contributed by atoms with Gasteiger partial charge < -0.3 is 9.84 Å². The molecule has 0 bridgehead atoms. The fourth-order valence-electron chi connectivity index (χ4n) is 1.95. The van der Waals surface area contributed by atoms with E-state index in [1.807, 2.05) is 0 Å². The number of thiophene rings is 1. The van der Waals surface area contributed by atoms with E-state index in [0.29, 0.717) is 11.3 Å². The van der Waals surface area contributed by atoms with Gasteiger partial charge in [0.25, 0.3) is 0 Å². The van der Waals surface area contributed by atoms with Crippen LogP contribution in [-0.2, 0) is 16.3 Å². The van der Waals surface area contributed by atoms with Crippen LogP contribution < -0.4 is 4.74 Å². The molecule has 0 radical (unpaired) electrons. The molecule has 1 aromatic heterocycles. The normalized spacial score (nSPS) is 22.9. The highest BCUT2D eigenvalue weighted by molar-refractivity contribution is 7.92. The van der Waals surface area contributed by atoms with Gasteiger partial charge in [-0.1, -0.05) is 11.3 Å². The first-order chi connectivity index (χ1) is 9.00. The Morgan fingerprint density at radius 2 is 2.05 bits per heavy atom. The Bertz CT molecular complexity index is 620.